The summed E-state index contributed by atoms with van der Waals surface area (Å²) in [5.41, 5.74) is 2.10. The van der Waals surface area contributed by atoms with Gasteiger partial charge in [-0.25, -0.2) is 0 Å². The van der Waals surface area contributed by atoms with Crippen LogP contribution in [-0.2, 0) is 9.53 Å². The van der Waals surface area contributed by atoms with Gasteiger partial charge in [-0.1, -0.05) is 12.1 Å². The molecule has 0 radical (unpaired) electrons. The summed E-state index contributed by atoms with van der Waals surface area (Å²) >= 11 is 0. The zero-order valence-corrected chi connectivity index (χ0v) is 12.4. The molecule has 0 unspecified atom stereocenters. The van der Waals surface area contributed by atoms with E-state index in [9.17, 15) is 4.79 Å². The van der Waals surface area contributed by atoms with Crippen LogP contribution >= 0.6 is 0 Å². The summed E-state index contributed by atoms with van der Waals surface area (Å²) in [5, 5.41) is 3.30. The molecule has 4 heteroatoms. The highest BCUT2D eigenvalue weighted by Crippen LogP contribution is 2.15. The minimum Gasteiger partial charge on any atom is -0.378 e. The van der Waals surface area contributed by atoms with Gasteiger partial charge in [0.1, 0.15) is 0 Å². The number of hydrogen-bond acceptors (Lipinski definition) is 3. The normalized spacial score (nSPS) is 16.1. The van der Waals surface area contributed by atoms with E-state index in [0.717, 1.165) is 37.2 Å². The summed E-state index contributed by atoms with van der Waals surface area (Å²) in [6.07, 6.45) is 2.84. The van der Waals surface area contributed by atoms with E-state index in [2.05, 4.69) is 5.32 Å². The van der Waals surface area contributed by atoms with Crippen molar-refractivity contribution in [1.29, 1.82) is 0 Å². The van der Waals surface area contributed by atoms with Gasteiger partial charge >= 0.3 is 0 Å². The second-order valence-corrected chi connectivity index (χ2v) is 5.36. The first-order valence-electron chi connectivity index (χ1n) is 7.32. The van der Waals surface area contributed by atoms with Crippen LogP contribution < -0.4 is 10.2 Å². The Hall–Kier alpha value is -1.39. The molecule has 0 spiro atoms. The van der Waals surface area contributed by atoms with Gasteiger partial charge in [-0.3, -0.25) is 4.79 Å². The number of aryl methyl sites for hydroxylation is 1. The number of anilines is 1. The first-order chi connectivity index (χ1) is 9.66. The topological polar surface area (TPSA) is 41.6 Å². The molecule has 0 aliphatic carbocycles. The lowest BCUT2D eigenvalue weighted by Gasteiger charge is -2.23. The number of amides is 1. The molecule has 1 aromatic carbocycles. The molecular formula is C16H24N2O2. The van der Waals surface area contributed by atoms with Crippen LogP contribution in [0.1, 0.15) is 24.8 Å². The largest absolute Gasteiger partial charge is 0.378 e. The fraction of sp³-hybridized carbons (Fsp3) is 0.562. The Morgan fingerprint density at radius 3 is 2.85 bits per heavy atom. The molecule has 4 nitrogen and oxygen atoms in total. The zero-order chi connectivity index (χ0) is 14.4. The van der Waals surface area contributed by atoms with Crippen LogP contribution in [0.15, 0.2) is 24.3 Å². The Balaban J connectivity index is 1.76. The smallest absolute Gasteiger partial charge is 0.229 e. The maximum absolute atomic E-state index is 12.1. The summed E-state index contributed by atoms with van der Waals surface area (Å²) in [5.74, 6) is 0.101. The zero-order valence-electron chi connectivity index (χ0n) is 12.4. The van der Waals surface area contributed by atoms with Crippen LogP contribution in [0.4, 0.5) is 5.69 Å². The summed E-state index contributed by atoms with van der Waals surface area (Å²) in [4.78, 5) is 13.8. The SMILES string of the molecule is Cc1cccc(N(C)C(=O)CCOC2CCNCC2)c1. The monoisotopic (exact) mass is 276 g/mol. The Morgan fingerprint density at radius 2 is 2.15 bits per heavy atom. The molecule has 1 fully saturated rings. The van der Waals surface area contributed by atoms with Gasteiger partial charge in [0.15, 0.2) is 0 Å². The second-order valence-electron chi connectivity index (χ2n) is 5.36. The van der Waals surface area contributed by atoms with Crippen LogP contribution in [-0.4, -0.2) is 38.8 Å². The third kappa shape index (κ3) is 4.32. The van der Waals surface area contributed by atoms with E-state index in [-0.39, 0.29) is 5.91 Å². The third-order valence-electron chi connectivity index (χ3n) is 3.72. The summed E-state index contributed by atoms with van der Waals surface area (Å²) in [6, 6.07) is 7.98. The van der Waals surface area contributed by atoms with E-state index in [0.29, 0.717) is 19.1 Å². The Kier molecular flexibility index (Phi) is 5.56. The fourth-order valence-corrected chi connectivity index (χ4v) is 2.42. The molecule has 1 aliphatic rings. The molecule has 0 atom stereocenters. The molecule has 20 heavy (non-hydrogen) atoms. The number of carbonyl (C=O) groups is 1. The van der Waals surface area contributed by atoms with Crippen molar-refractivity contribution in [1.82, 2.24) is 5.32 Å². The number of benzene rings is 1. The van der Waals surface area contributed by atoms with Crippen molar-refractivity contribution in [3.05, 3.63) is 29.8 Å². The lowest BCUT2D eigenvalue weighted by molar-refractivity contribution is -0.120. The average molecular weight is 276 g/mol. The molecule has 0 aromatic heterocycles. The van der Waals surface area contributed by atoms with Crippen molar-refractivity contribution in [3.63, 3.8) is 0 Å². The van der Waals surface area contributed by atoms with Crippen LogP contribution in [0.2, 0.25) is 0 Å². The van der Waals surface area contributed by atoms with Gasteiger partial charge in [-0.15, -0.1) is 0 Å². The van der Waals surface area contributed by atoms with Gasteiger partial charge in [0.25, 0.3) is 0 Å². The van der Waals surface area contributed by atoms with Crippen LogP contribution in [0, 0.1) is 6.92 Å². The van der Waals surface area contributed by atoms with Crippen molar-refractivity contribution in [2.75, 3.05) is 31.6 Å². The molecule has 1 aliphatic heterocycles. The molecule has 1 amide bonds. The predicted molar refractivity (Wildman–Crippen MR) is 81.0 cm³/mol. The average Bonchev–Trinajstić information content (AvgIpc) is 2.47. The number of nitrogens with zero attached hydrogens (tertiary/aromatic N) is 1. The number of carbonyl (C=O) groups excluding carboxylic acids is 1. The van der Waals surface area contributed by atoms with E-state index < -0.39 is 0 Å². The van der Waals surface area contributed by atoms with Crippen molar-refractivity contribution in [2.24, 2.45) is 0 Å². The number of rotatable bonds is 5. The Morgan fingerprint density at radius 1 is 1.40 bits per heavy atom. The number of hydrogen-bond donors (Lipinski definition) is 1. The van der Waals surface area contributed by atoms with Gasteiger partial charge in [-0.2, -0.15) is 0 Å². The quantitative estimate of drug-likeness (QED) is 0.895. The third-order valence-corrected chi connectivity index (χ3v) is 3.72. The van der Waals surface area contributed by atoms with Crippen molar-refractivity contribution < 1.29 is 9.53 Å². The molecule has 2 rings (SSSR count). The molecule has 110 valence electrons. The summed E-state index contributed by atoms with van der Waals surface area (Å²) in [6.45, 7) is 4.57. The van der Waals surface area contributed by atoms with Gasteiger partial charge in [-0.05, 0) is 50.6 Å². The molecule has 1 aromatic rings. The van der Waals surface area contributed by atoms with E-state index in [1.165, 1.54) is 0 Å². The molecule has 1 N–H and O–H groups in total. The summed E-state index contributed by atoms with van der Waals surface area (Å²) < 4.78 is 5.78. The highest BCUT2D eigenvalue weighted by molar-refractivity contribution is 5.92. The summed E-state index contributed by atoms with van der Waals surface area (Å²) in [7, 11) is 1.82. The Bertz CT molecular complexity index is 442. The Labute approximate surface area is 121 Å². The standard InChI is InChI=1S/C16H24N2O2/c1-13-4-3-5-14(12-13)18(2)16(19)8-11-20-15-6-9-17-10-7-15/h3-5,12,15,17H,6-11H2,1-2H3. The number of piperidine rings is 1. The van der Waals surface area contributed by atoms with Gasteiger partial charge < -0.3 is 15.0 Å². The van der Waals surface area contributed by atoms with Gasteiger partial charge in [0.2, 0.25) is 5.91 Å². The molecule has 0 bridgehead atoms. The predicted octanol–water partition coefficient (Wildman–Crippen LogP) is 2.12. The fourth-order valence-electron chi connectivity index (χ4n) is 2.42. The van der Waals surface area contributed by atoms with E-state index >= 15 is 0 Å². The van der Waals surface area contributed by atoms with Crippen molar-refractivity contribution in [3.8, 4) is 0 Å². The van der Waals surface area contributed by atoms with Gasteiger partial charge in [0, 0.05) is 12.7 Å². The van der Waals surface area contributed by atoms with Crippen LogP contribution in [0.5, 0.6) is 0 Å². The molecule has 0 saturated carbocycles. The maximum Gasteiger partial charge on any atom is 0.229 e. The highest BCUT2D eigenvalue weighted by atomic mass is 16.5. The maximum atomic E-state index is 12.1. The van der Waals surface area contributed by atoms with Crippen molar-refractivity contribution >= 4 is 11.6 Å². The second kappa shape index (κ2) is 7.41. The lowest BCUT2D eigenvalue weighted by Crippen LogP contribution is -2.33. The van der Waals surface area contributed by atoms with E-state index in [1.807, 2.05) is 38.2 Å². The van der Waals surface area contributed by atoms with Gasteiger partial charge in [0.05, 0.1) is 19.1 Å². The first kappa shape index (κ1) is 15.0. The molecule has 1 heterocycles. The van der Waals surface area contributed by atoms with E-state index in [1.54, 1.807) is 4.90 Å². The van der Waals surface area contributed by atoms with Crippen LogP contribution in [0.25, 0.3) is 0 Å². The lowest BCUT2D eigenvalue weighted by atomic mass is 10.1. The minimum absolute atomic E-state index is 0.101. The molecular weight excluding hydrogens is 252 g/mol. The number of nitrogens with one attached hydrogen (secondary N) is 1. The molecule has 1 saturated heterocycles. The minimum atomic E-state index is 0.101. The first-order valence-corrected chi connectivity index (χ1v) is 7.32. The van der Waals surface area contributed by atoms with Crippen molar-refractivity contribution in [2.45, 2.75) is 32.3 Å². The van der Waals surface area contributed by atoms with E-state index in [4.69, 9.17) is 4.74 Å². The van der Waals surface area contributed by atoms with Crippen LogP contribution in [0.3, 0.4) is 0 Å². The number of ether oxygens (including phenoxy) is 1. The highest BCUT2D eigenvalue weighted by Gasteiger charge is 2.15.